The Balaban J connectivity index is 1.67. The summed E-state index contributed by atoms with van der Waals surface area (Å²) in [4.78, 5) is 18.8. The molecule has 5 heteroatoms. The summed E-state index contributed by atoms with van der Waals surface area (Å²) >= 11 is -2.04. The van der Waals surface area contributed by atoms with E-state index in [0.29, 0.717) is 12.5 Å². The fourth-order valence-electron chi connectivity index (χ4n) is 2.82. The summed E-state index contributed by atoms with van der Waals surface area (Å²) in [6.45, 7) is 4.08. The maximum absolute atomic E-state index is 5.77. The van der Waals surface area contributed by atoms with Gasteiger partial charge in [0.05, 0.1) is 0 Å². The predicted molar refractivity (Wildman–Crippen MR) is 93.7 cm³/mol. The van der Waals surface area contributed by atoms with Gasteiger partial charge in [0.25, 0.3) is 0 Å². The van der Waals surface area contributed by atoms with Gasteiger partial charge < -0.3 is 0 Å². The van der Waals surface area contributed by atoms with Crippen molar-refractivity contribution in [2.75, 3.05) is 26.2 Å². The SMILES string of the molecule is [CH3][Sn]([CH3])([CH3])[c]1ccc2nc(OCCN3CCCC3)cnc2c1. The Hall–Kier alpha value is -0.881. The minimum atomic E-state index is -2.04. The standard InChI is InChI=1S/C14H16N3O.3CH3.Sn/c1-2-6-13-12(5-1)15-11-14(16-13)18-10-9-17-7-3-4-8-17;;;;/h2,5-6,11H,3-4,7-10H2;3*1H3;. The van der Waals surface area contributed by atoms with Crippen LogP contribution in [0, 0.1) is 0 Å². The molecule has 1 aliphatic heterocycles. The van der Waals surface area contributed by atoms with E-state index >= 15 is 0 Å². The van der Waals surface area contributed by atoms with Crippen LogP contribution in [-0.4, -0.2) is 59.5 Å². The molecule has 0 atom stereocenters. The molecule has 0 unspecified atom stereocenters. The van der Waals surface area contributed by atoms with Gasteiger partial charge in [-0.2, -0.15) is 0 Å². The fourth-order valence-corrected chi connectivity index (χ4v) is 6.11. The van der Waals surface area contributed by atoms with Crippen LogP contribution >= 0.6 is 0 Å². The summed E-state index contributed by atoms with van der Waals surface area (Å²) in [6, 6.07) is 6.53. The Morgan fingerprint density at radius 2 is 1.91 bits per heavy atom. The quantitative estimate of drug-likeness (QED) is 0.716. The Kier molecular flexibility index (Phi) is 4.87. The van der Waals surface area contributed by atoms with E-state index in [2.05, 4.69) is 47.9 Å². The van der Waals surface area contributed by atoms with Crippen molar-refractivity contribution in [1.82, 2.24) is 14.9 Å². The van der Waals surface area contributed by atoms with Gasteiger partial charge >= 0.3 is 137 Å². The first kappa shape index (κ1) is 16.0. The summed E-state index contributed by atoms with van der Waals surface area (Å²) in [6.07, 6.45) is 4.39. The molecule has 0 N–H and O–H groups in total. The normalized spacial score (nSPS) is 16.3. The van der Waals surface area contributed by atoms with Gasteiger partial charge in [-0.15, -0.1) is 0 Å². The number of likely N-dealkylation sites (tertiary alicyclic amines) is 1. The summed E-state index contributed by atoms with van der Waals surface area (Å²) < 4.78 is 7.26. The molecule has 1 aromatic carbocycles. The average molecular weight is 406 g/mol. The van der Waals surface area contributed by atoms with Gasteiger partial charge in [-0.1, -0.05) is 0 Å². The van der Waals surface area contributed by atoms with E-state index in [9.17, 15) is 0 Å². The molecular weight excluding hydrogens is 381 g/mol. The van der Waals surface area contributed by atoms with E-state index in [1.807, 2.05) is 0 Å². The van der Waals surface area contributed by atoms with Crippen LogP contribution < -0.4 is 8.32 Å². The van der Waals surface area contributed by atoms with Crippen molar-refractivity contribution in [2.45, 2.75) is 27.7 Å². The zero-order chi connectivity index (χ0) is 15.6. The van der Waals surface area contributed by atoms with Crippen molar-refractivity contribution >= 4 is 33.0 Å². The molecule has 22 heavy (non-hydrogen) atoms. The predicted octanol–water partition coefficient (Wildman–Crippen LogP) is 2.65. The number of rotatable bonds is 5. The number of aromatic nitrogens is 2. The van der Waals surface area contributed by atoms with Gasteiger partial charge in [-0.25, -0.2) is 0 Å². The Morgan fingerprint density at radius 1 is 1.14 bits per heavy atom. The van der Waals surface area contributed by atoms with Crippen molar-refractivity contribution < 1.29 is 4.74 Å². The van der Waals surface area contributed by atoms with Gasteiger partial charge in [0, 0.05) is 0 Å². The molecular formula is C17H25N3OSn. The monoisotopic (exact) mass is 407 g/mol. The number of ether oxygens (including phenoxy) is 1. The topological polar surface area (TPSA) is 38.2 Å². The van der Waals surface area contributed by atoms with Crippen LogP contribution in [0.25, 0.3) is 11.0 Å². The molecule has 1 aromatic heterocycles. The van der Waals surface area contributed by atoms with Gasteiger partial charge in [0.1, 0.15) is 0 Å². The van der Waals surface area contributed by atoms with Gasteiger partial charge in [-0.3, -0.25) is 0 Å². The molecule has 3 rings (SSSR count). The van der Waals surface area contributed by atoms with E-state index in [-0.39, 0.29) is 0 Å². The second-order valence-electron chi connectivity index (χ2n) is 7.06. The van der Waals surface area contributed by atoms with Crippen LogP contribution in [0.1, 0.15) is 12.8 Å². The fraction of sp³-hybridized carbons (Fsp3) is 0.529. The summed E-state index contributed by atoms with van der Waals surface area (Å²) in [7, 11) is 0. The second kappa shape index (κ2) is 6.70. The maximum atomic E-state index is 5.77. The molecule has 4 nitrogen and oxygen atoms in total. The van der Waals surface area contributed by atoms with Crippen molar-refractivity contribution in [1.29, 1.82) is 0 Å². The third kappa shape index (κ3) is 3.90. The number of nitrogens with zero attached hydrogens (tertiary/aromatic N) is 3. The Morgan fingerprint density at radius 3 is 2.64 bits per heavy atom. The van der Waals surface area contributed by atoms with Crippen LogP contribution in [0.15, 0.2) is 24.4 Å². The number of hydrogen-bond acceptors (Lipinski definition) is 4. The van der Waals surface area contributed by atoms with Gasteiger partial charge in [-0.05, 0) is 0 Å². The first-order valence-corrected chi connectivity index (χ1v) is 18.1. The van der Waals surface area contributed by atoms with Crippen LogP contribution in [0.4, 0.5) is 0 Å². The van der Waals surface area contributed by atoms with Crippen LogP contribution in [0.2, 0.25) is 14.8 Å². The summed E-state index contributed by atoms with van der Waals surface area (Å²) in [5, 5.41) is 0. The van der Waals surface area contributed by atoms with E-state index in [4.69, 9.17) is 4.74 Å². The molecule has 0 bridgehead atoms. The molecule has 2 aromatic rings. The van der Waals surface area contributed by atoms with Crippen LogP contribution in [0.5, 0.6) is 5.88 Å². The third-order valence-corrected chi connectivity index (χ3v) is 10.1. The molecule has 118 valence electrons. The first-order valence-electron chi connectivity index (χ1n) is 8.15. The molecule has 1 saturated heterocycles. The van der Waals surface area contributed by atoms with Crippen molar-refractivity contribution in [3.05, 3.63) is 24.4 Å². The Bertz CT molecular complexity index is 648. The van der Waals surface area contributed by atoms with E-state index in [1.165, 1.54) is 29.5 Å². The van der Waals surface area contributed by atoms with Crippen LogP contribution in [-0.2, 0) is 0 Å². The van der Waals surface area contributed by atoms with Gasteiger partial charge in [0.2, 0.25) is 0 Å². The van der Waals surface area contributed by atoms with E-state index in [1.54, 1.807) is 6.20 Å². The van der Waals surface area contributed by atoms with Crippen LogP contribution in [0.3, 0.4) is 0 Å². The molecule has 0 saturated carbocycles. The van der Waals surface area contributed by atoms with Crippen molar-refractivity contribution in [3.63, 3.8) is 0 Å². The summed E-state index contributed by atoms with van der Waals surface area (Å²) in [5.74, 6) is 0.638. The molecule has 0 radical (unpaired) electrons. The zero-order valence-electron chi connectivity index (χ0n) is 13.8. The molecule has 0 amide bonds. The number of benzene rings is 1. The second-order valence-corrected chi connectivity index (χ2v) is 21.6. The summed E-state index contributed by atoms with van der Waals surface area (Å²) in [5.41, 5.74) is 1.91. The van der Waals surface area contributed by atoms with E-state index < -0.39 is 18.4 Å². The van der Waals surface area contributed by atoms with E-state index in [0.717, 1.165) is 17.6 Å². The van der Waals surface area contributed by atoms with Gasteiger partial charge in [0.15, 0.2) is 0 Å². The number of fused-ring (bicyclic) bond motifs is 1. The minimum absolute atomic E-state index is 0.638. The van der Waals surface area contributed by atoms with Crippen molar-refractivity contribution in [3.8, 4) is 5.88 Å². The molecule has 1 aliphatic rings. The first-order chi connectivity index (χ1) is 10.5. The molecule has 0 spiro atoms. The average Bonchev–Trinajstić information content (AvgIpc) is 2.99. The zero-order valence-corrected chi connectivity index (χ0v) is 16.7. The molecule has 2 heterocycles. The molecule has 1 fully saturated rings. The Labute approximate surface area is 136 Å². The number of hydrogen-bond donors (Lipinski definition) is 0. The third-order valence-electron chi connectivity index (χ3n) is 4.24. The molecule has 0 aliphatic carbocycles. The van der Waals surface area contributed by atoms with Crippen molar-refractivity contribution in [2.24, 2.45) is 0 Å².